The van der Waals surface area contributed by atoms with E-state index in [9.17, 15) is 14.0 Å². The molecule has 3 aromatic rings. The minimum absolute atomic E-state index is 0.0721. The summed E-state index contributed by atoms with van der Waals surface area (Å²) in [6, 6.07) is 15.5. The largest absolute Gasteiger partial charge is 0.351 e. The average Bonchev–Trinajstić information content (AvgIpc) is 3.11. The first-order chi connectivity index (χ1) is 12.6. The monoisotopic (exact) mass is 351 g/mol. The summed E-state index contributed by atoms with van der Waals surface area (Å²) in [4.78, 5) is 31.6. The molecule has 2 amide bonds. The number of aromatic amines is 1. The van der Waals surface area contributed by atoms with Gasteiger partial charge in [-0.2, -0.15) is 0 Å². The predicted octanol–water partition coefficient (Wildman–Crippen LogP) is 2.91. The van der Waals surface area contributed by atoms with Crippen molar-refractivity contribution in [2.75, 3.05) is 26.2 Å². The average molecular weight is 351 g/mol. The number of halogens is 1. The van der Waals surface area contributed by atoms with Gasteiger partial charge in [-0.3, -0.25) is 9.59 Å². The van der Waals surface area contributed by atoms with E-state index in [2.05, 4.69) is 4.98 Å². The molecule has 1 N–H and O–H groups in total. The number of nitrogens with zero attached hydrogens (tertiary/aromatic N) is 2. The number of benzene rings is 2. The summed E-state index contributed by atoms with van der Waals surface area (Å²) in [6.07, 6.45) is 0. The minimum Gasteiger partial charge on any atom is -0.351 e. The van der Waals surface area contributed by atoms with Crippen LogP contribution in [0.5, 0.6) is 0 Å². The lowest BCUT2D eigenvalue weighted by molar-refractivity contribution is 0.0530. The summed E-state index contributed by atoms with van der Waals surface area (Å²) < 4.78 is 13.8. The van der Waals surface area contributed by atoms with Gasteiger partial charge in [0.25, 0.3) is 11.8 Å². The normalized spacial score (nSPS) is 14.7. The SMILES string of the molecule is O=C(c1cc2ccccc2[nH]1)N1CCN(C(=O)c2ccccc2F)CC1. The van der Waals surface area contributed by atoms with E-state index in [1.165, 1.54) is 12.1 Å². The summed E-state index contributed by atoms with van der Waals surface area (Å²) in [5.74, 6) is -0.936. The molecule has 26 heavy (non-hydrogen) atoms. The number of fused-ring (bicyclic) bond motifs is 1. The third-order valence-electron chi connectivity index (χ3n) is 4.72. The van der Waals surface area contributed by atoms with Crippen molar-refractivity contribution >= 4 is 22.7 Å². The number of aromatic nitrogens is 1. The van der Waals surface area contributed by atoms with Crippen molar-refractivity contribution in [3.63, 3.8) is 0 Å². The van der Waals surface area contributed by atoms with E-state index in [0.717, 1.165) is 10.9 Å². The van der Waals surface area contributed by atoms with Crippen LogP contribution >= 0.6 is 0 Å². The van der Waals surface area contributed by atoms with Gasteiger partial charge in [0.1, 0.15) is 11.5 Å². The molecule has 0 atom stereocenters. The molecule has 1 fully saturated rings. The fourth-order valence-electron chi connectivity index (χ4n) is 3.28. The molecular formula is C20H18FN3O2. The fourth-order valence-corrected chi connectivity index (χ4v) is 3.28. The molecule has 1 aromatic heterocycles. The molecule has 0 radical (unpaired) electrons. The van der Waals surface area contributed by atoms with Crippen LogP contribution in [0.25, 0.3) is 10.9 Å². The van der Waals surface area contributed by atoms with Gasteiger partial charge < -0.3 is 14.8 Å². The van der Waals surface area contributed by atoms with Crippen molar-refractivity contribution in [3.05, 3.63) is 71.7 Å². The number of hydrogen-bond donors (Lipinski definition) is 1. The standard InChI is InChI=1S/C20H18FN3O2/c21-16-7-3-2-6-15(16)19(25)23-9-11-24(12-10-23)20(26)18-13-14-5-1-4-8-17(14)22-18/h1-8,13,22H,9-12H2. The van der Waals surface area contributed by atoms with Gasteiger partial charge in [-0.1, -0.05) is 30.3 Å². The Morgan fingerprint density at radius 1 is 0.846 bits per heavy atom. The van der Waals surface area contributed by atoms with Gasteiger partial charge in [0, 0.05) is 37.1 Å². The fraction of sp³-hybridized carbons (Fsp3) is 0.200. The summed E-state index contributed by atoms with van der Waals surface area (Å²) >= 11 is 0. The second kappa shape index (κ2) is 6.63. The Labute approximate surface area is 150 Å². The van der Waals surface area contributed by atoms with Crippen molar-refractivity contribution in [2.24, 2.45) is 0 Å². The van der Waals surface area contributed by atoms with E-state index in [1.54, 1.807) is 21.9 Å². The van der Waals surface area contributed by atoms with Gasteiger partial charge in [0.15, 0.2) is 0 Å². The molecule has 0 bridgehead atoms. The Balaban J connectivity index is 1.44. The van der Waals surface area contributed by atoms with Gasteiger partial charge in [-0.05, 0) is 24.3 Å². The van der Waals surface area contributed by atoms with Crippen molar-refractivity contribution in [1.82, 2.24) is 14.8 Å². The third-order valence-corrected chi connectivity index (χ3v) is 4.72. The van der Waals surface area contributed by atoms with Gasteiger partial charge >= 0.3 is 0 Å². The Kier molecular flexibility index (Phi) is 4.16. The first-order valence-electron chi connectivity index (χ1n) is 8.54. The second-order valence-corrected chi connectivity index (χ2v) is 6.33. The van der Waals surface area contributed by atoms with E-state index in [-0.39, 0.29) is 17.4 Å². The maximum atomic E-state index is 13.8. The van der Waals surface area contributed by atoms with Crippen LogP contribution in [0.4, 0.5) is 4.39 Å². The highest BCUT2D eigenvalue weighted by molar-refractivity contribution is 5.98. The maximum Gasteiger partial charge on any atom is 0.270 e. The van der Waals surface area contributed by atoms with Gasteiger partial charge in [-0.25, -0.2) is 4.39 Å². The van der Waals surface area contributed by atoms with E-state index in [1.807, 2.05) is 30.3 Å². The number of hydrogen-bond acceptors (Lipinski definition) is 2. The summed E-state index contributed by atoms with van der Waals surface area (Å²) in [5, 5.41) is 0.990. The van der Waals surface area contributed by atoms with Crippen LogP contribution in [0.1, 0.15) is 20.8 Å². The Morgan fingerprint density at radius 2 is 1.46 bits per heavy atom. The number of piperazine rings is 1. The summed E-state index contributed by atoms with van der Waals surface area (Å²) in [7, 11) is 0. The topological polar surface area (TPSA) is 56.4 Å². The lowest BCUT2D eigenvalue weighted by Crippen LogP contribution is -2.50. The molecule has 2 aromatic carbocycles. The van der Waals surface area contributed by atoms with Crippen LogP contribution in [-0.2, 0) is 0 Å². The second-order valence-electron chi connectivity index (χ2n) is 6.33. The van der Waals surface area contributed by atoms with Crippen molar-refractivity contribution in [1.29, 1.82) is 0 Å². The molecule has 0 saturated carbocycles. The Bertz CT molecular complexity index is 941. The first-order valence-corrected chi connectivity index (χ1v) is 8.54. The Morgan fingerprint density at radius 3 is 2.15 bits per heavy atom. The summed E-state index contributed by atoms with van der Waals surface area (Å²) in [6.45, 7) is 1.63. The van der Waals surface area contributed by atoms with Crippen molar-refractivity contribution < 1.29 is 14.0 Å². The lowest BCUT2D eigenvalue weighted by atomic mass is 10.1. The lowest BCUT2D eigenvalue weighted by Gasteiger charge is -2.34. The number of carbonyl (C=O) groups excluding carboxylic acids is 2. The van der Waals surface area contributed by atoms with Crippen LogP contribution in [0.3, 0.4) is 0 Å². The molecule has 0 spiro atoms. The number of nitrogens with one attached hydrogen (secondary N) is 1. The maximum absolute atomic E-state index is 13.8. The highest BCUT2D eigenvalue weighted by Gasteiger charge is 2.27. The molecular weight excluding hydrogens is 333 g/mol. The molecule has 1 saturated heterocycles. The van der Waals surface area contributed by atoms with E-state index in [4.69, 9.17) is 0 Å². The van der Waals surface area contributed by atoms with Crippen LogP contribution in [0.15, 0.2) is 54.6 Å². The number of amides is 2. The van der Waals surface area contributed by atoms with Gasteiger partial charge in [0.05, 0.1) is 5.56 Å². The molecule has 2 heterocycles. The number of rotatable bonds is 2. The molecule has 6 heteroatoms. The van der Waals surface area contributed by atoms with E-state index >= 15 is 0 Å². The molecule has 4 rings (SSSR count). The van der Waals surface area contributed by atoms with E-state index in [0.29, 0.717) is 31.9 Å². The highest BCUT2D eigenvalue weighted by atomic mass is 19.1. The van der Waals surface area contributed by atoms with Crippen LogP contribution in [0, 0.1) is 5.82 Å². The summed E-state index contributed by atoms with van der Waals surface area (Å²) in [5.41, 5.74) is 1.53. The molecule has 0 unspecified atom stereocenters. The highest BCUT2D eigenvalue weighted by Crippen LogP contribution is 2.18. The molecule has 5 nitrogen and oxygen atoms in total. The smallest absolute Gasteiger partial charge is 0.270 e. The van der Waals surface area contributed by atoms with Crippen molar-refractivity contribution in [3.8, 4) is 0 Å². The Hall–Kier alpha value is -3.15. The van der Waals surface area contributed by atoms with Crippen LogP contribution < -0.4 is 0 Å². The molecule has 1 aliphatic heterocycles. The molecule has 1 aliphatic rings. The van der Waals surface area contributed by atoms with Crippen LogP contribution in [-0.4, -0.2) is 52.8 Å². The quantitative estimate of drug-likeness (QED) is 0.772. The van der Waals surface area contributed by atoms with Crippen LogP contribution in [0.2, 0.25) is 0 Å². The number of H-pyrrole nitrogens is 1. The zero-order chi connectivity index (χ0) is 18.1. The van der Waals surface area contributed by atoms with Gasteiger partial charge in [-0.15, -0.1) is 0 Å². The zero-order valence-electron chi connectivity index (χ0n) is 14.1. The van der Waals surface area contributed by atoms with E-state index < -0.39 is 5.82 Å². The van der Waals surface area contributed by atoms with Gasteiger partial charge in [0.2, 0.25) is 0 Å². The number of para-hydroxylation sites is 1. The zero-order valence-corrected chi connectivity index (χ0v) is 14.1. The third kappa shape index (κ3) is 2.94. The van der Waals surface area contributed by atoms with Crippen molar-refractivity contribution in [2.45, 2.75) is 0 Å². The molecule has 132 valence electrons. The first kappa shape index (κ1) is 16.3. The molecule has 0 aliphatic carbocycles. The predicted molar refractivity (Wildman–Crippen MR) is 96.5 cm³/mol. The number of carbonyl (C=O) groups is 2. The minimum atomic E-state index is -0.519.